The van der Waals surface area contributed by atoms with Crippen molar-refractivity contribution in [2.75, 3.05) is 0 Å². The van der Waals surface area contributed by atoms with Crippen molar-refractivity contribution in [3.05, 3.63) is 0 Å². The number of carbonyl (C=O) groups excluding carboxylic acids is 1. The topological polar surface area (TPSA) is 29.1 Å². The summed E-state index contributed by atoms with van der Waals surface area (Å²) < 4.78 is 0. The number of amides is 1. The van der Waals surface area contributed by atoms with E-state index in [1.54, 1.807) is 0 Å². The smallest absolute Gasteiger partial charge is 0.238 e. The second-order valence-corrected chi connectivity index (χ2v) is 5.47. The molecular weight excluding hydrogens is 210 g/mol. The summed E-state index contributed by atoms with van der Waals surface area (Å²) >= 11 is 6.03. The predicted octanol–water partition coefficient (Wildman–Crippen LogP) is 3.09. The molecule has 3 heteroatoms. The molecule has 0 bridgehead atoms. The standard InChI is InChI=1S/C12H22ClNO/c1-9(2)8-11(13)12(15)14-10-6-4-3-5-7-10/h9-11H,3-8H2,1-2H3,(H,14,15). The summed E-state index contributed by atoms with van der Waals surface area (Å²) in [7, 11) is 0. The maximum atomic E-state index is 11.7. The van der Waals surface area contributed by atoms with E-state index in [-0.39, 0.29) is 11.3 Å². The highest BCUT2D eigenvalue weighted by molar-refractivity contribution is 6.30. The minimum atomic E-state index is -0.355. The first kappa shape index (κ1) is 12.8. The summed E-state index contributed by atoms with van der Waals surface area (Å²) in [5.74, 6) is 0.502. The minimum Gasteiger partial charge on any atom is -0.352 e. The van der Waals surface area contributed by atoms with E-state index in [0.717, 1.165) is 19.3 Å². The number of rotatable bonds is 4. The fraction of sp³-hybridized carbons (Fsp3) is 0.917. The van der Waals surface area contributed by atoms with Gasteiger partial charge in [0.25, 0.3) is 0 Å². The zero-order chi connectivity index (χ0) is 11.3. The summed E-state index contributed by atoms with van der Waals surface area (Å²) in [5, 5.41) is 2.70. The van der Waals surface area contributed by atoms with Crippen molar-refractivity contribution in [2.45, 2.75) is 63.8 Å². The van der Waals surface area contributed by atoms with E-state index in [1.165, 1.54) is 19.3 Å². The highest BCUT2D eigenvalue weighted by atomic mass is 35.5. The van der Waals surface area contributed by atoms with Crippen molar-refractivity contribution in [1.82, 2.24) is 5.32 Å². The van der Waals surface area contributed by atoms with Gasteiger partial charge >= 0.3 is 0 Å². The molecule has 0 saturated heterocycles. The molecule has 0 aromatic rings. The summed E-state index contributed by atoms with van der Waals surface area (Å²) in [4.78, 5) is 11.7. The summed E-state index contributed by atoms with van der Waals surface area (Å²) in [6.45, 7) is 4.17. The Morgan fingerprint density at radius 2 is 1.93 bits per heavy atom. The van der Waals surface area contributed by atoms with Crippen LogP contribution in [0.15, 0.2) is 0 Å². The Kier molecular flexibility index (Phi) is 5.44. The average Bonchev–Trinajstić information content (AvgIpc) is 2.18. The van der Waals surface area contributed by atoms with Crippen molar-refractivity contribution in [1.29, 1.82) is 0 Å². The molecule has 0 heterocycles. The summed E-state index contributed by atoms with van der Waals surface area (Å²) in [6, 6.07) is 0.375. The molecule has 1 saturated carbocycles. The summed E-state index contributed by atoms with van der Waals surface area (Å²) in [5.41, 5.74) is 0. The molecule has 1 unspecified atom stereocenters. The molecule has 1 aliphatic rings. The normalized spacial score (nSPS) is 20.3. The van der Waals surface area contributed by atoms with E-state index in [0.29, 0.717) is 12.0 Å². The van der Waals surface area contributed by atoms with Crippen LogP contribution in [0, 0.1) is 5.92 Å². The molecule has 0 spiro atoms. The Hall–Kier alpha value is -0.240. The molecule has 1 rings (SSSR count). The molecule has 0 aromatic heterocycles. The second kappa shape index (κ2) is 6.37. The molecule has 1 N–H and O–H groups in total. The van der Waals surface area contributed by atoms with Crippen molar-refractivity contribution >= 4 is 17.5 Å². The van der Waals surface area contributed by atoms with Gasteiger partial charge in [-0.15, -0.1) is 11.6 Å². The van der Waals surface area contributed by atoms with Gasteiger partial charge in [-0.3, -0.25) is 4.79 Å². The van der Waals surface area contributed by atoms with Gasteiger partial charge in [-0.25, -0.2) is 0 Å². The molecule has 88 valence electrons. The lowest BCUT2D eigenvalue weighted by Crippen LogP contribution is -2.40. The largest absolute Gasteiger partial charge is 0.352 e. The Morgan fingerprint density at radius 1 is 1.33 bits per heavy atom. The number of halogens is 1. The van der Waals surface area contributed by atoms with E-state index < -0.39 is 0 Å². The number of carbonyl (C=O) groups is 1. The average molecular weight is 232 g/mol. The van der Waals surface area contributed by atoms with Gasteiger partial charge in [-0.2, -0.15) is 0 Å². The van der Waals surface area contributed by atoms with Crippen LogP contribution >= 0.6 is 11.6 Å². The number of alkyl halides is 1. The van der Waals surface area contributed by atoms with Gasteiger partial charge in [0.2, 0.25) is 5.91 Å². The third kappa shape index (κ3) is 4.87. The predicted molar refractivity (Wildman–Crippen MR) is 64.1 cm³/mol. The fourth-order valence-corrected chi connectivity index (χ4v) is 2.48. The lowest BCUT2D eigenvalue weighted by molar-refractivity contribution is -0.121. The zero-order valence-electron chi connectivity index (χ0n) is 9.76. The van der Waals surface area contributed by atoms with Crippen molar-refractivity contribution in [3.63, 3.8) is 0 Å². The van der Waals surface area contributed by atoms with Gasteiger partial charge in [0, 0.05) is 6.04 Å². The van der Waals surface area contributed by atoms with Crippen molar-refractivity contribution < 1.29 is 4.79 Å². The van der Waals surface area contributed by atoms with Crippen LogP contribution in [0.3, 0.4) is 0 Å². The second-order valence-electron chi connectivity index (χ2n) is 4.94. The first-order valence-corrected chi connectivity index (χ1v) is 6.47. The van der Waals surface area contributed by atoms with E-state index in [1.807, 2.05) is 0 Å². The molecule has 1 amide bonds. The molecule has 1 atom stereocenters. The minimum absolute atomic E-state index is 0.0252. The number of hydrogen-bond acceptors (Lipinski definition) is 1. The Labute approximate surface area is 97.8 Å². The van der Waals surface area contributed by atoms with E-state index in [4.69, 9.17) is 11.6 Å². The molecule has 0 aliphatic heterocycles. The molecule has 15 heavy (non-hydrogen) atoms. The molecule has 2 nitrogen and oxygen atoms in total. The van der Waals surface area contributed by atoms with E-state index >= 15 is 0 Å². The fourth-order valence-electron chi connectivity index (χ4n) is 2.06. The summed E-state index contributed by atoms with van der Waals surface area (Å²) in [6.07, 6.45) is 6.79. The zero-order valence-corrected chi connectivity index (χ0v) is 10.5. The van der Waals surface area contributed by atoms with Crippen LogP contribution in [0.4, 0.5) is 0 Å². The molecule has 0 aromatic carbocycles. The lowest BCUT2D eigenvalue weighted by atomic mass is 9.95. The SMILES string of the molecule is CC(C)CC(Cl)C(=O)NC1CCCCC1. The van der Waals surface area contributed by atoms with Gasteiger partial charge < -0.3 is 5.32 Å². The van der Waals surface area contributed by atoms with Crippen LogP contribution in [0.1, 0.15) is 52.4 Å². The molecule has 1 aliphatic carbocycles. The quantitative estimate of drug-likeness (QED) is 0.741. The third-order valence-corrected chi connectivity index (χ3v) is 3.29. The maximum Gasteiger partial charge on any atom is 0.238 e. The van der Waals surface area contributed by atoms with E-state index in [2.05, 4.69) is 19.2 Å². The highest BCUT2D eigenvalue weighted by Crippen LogP contribution is 2.18. The molecule has 1 fully saturated rings. The van der Waals surface area contributed by atoms with Gasteiger partial charge in [-0.05, 0) is 25.2 Å². The van der Waals surface area contributed by atoms with Crippen LogP contribution in [-0.2, 0) is 4.79 Å². The number of hydrogen-bond donors (Lipinski definition) is 1. The van der Waals surface area contributed by atoms with Crippen LogP contribution in [-0.4, -0.2) is 17.3 Å². The van der Waals surface area contributed by atoms with Crippen LogP contribution in [0.2, 0.25) is 0 Å². The molecule has 0 radical (unpaired) electrons. The maximum absolute atomic E-state index is 11.7. The lowest BCUT2D eigenvalue weighted by Gasteiger charge is -2.24. The van der Waals surface area contributed by atoms with Crippen LogP contribution < -0.4 is 5.32 Å². The van der Waals surface area contributed by atoms with Gasteiger partial charge in [0.1, 0.15) is 5.38 Å². The molecular formula is C12H22ClNO. The monoisotopic (exact) mass is 231 g/mol. The third-order valence-electron chi connectivity index (χ3n) is 2.91. The number of nitrogens with one attached hydrogen (secondary N) is 1. The first-order valence-electron chi connectivity index (χ1n) is 6.04. The highest BCUT2D eigenvalue weighted by Gasteiger charge is 2.21. The Morgan fingerprint density at radius 3 is 2.47 bits per heavy atom. The van der Waals surface area contributed by atoms with Gasteiger partial charge in [-0.1, -0.05) is 33.1 Å². The Bertz CT molecular complexity index is 200. The van der Waals surface area contributed by atoms with Gasteiger partial charge in [0.15, 0.2) is 0 Å². The van der Waals surface area contributed by atoms with E-state index in [9.17, 15) is 4.79 Å². The van der Waals surface area contributed by atoms with Crippen molar-refractivity contribution in [3.8, 4) is 0 Å². The Balaban J connectivity index is 2.27. The van der Waals surface area contributed by atoms with Crippen LogP contribution in [0.5, 0.6) is 0 Å². The van der Waals surface area contributed by atoms with Crippen LogP contribution in [0.25, 0.3) is 0 Å². The van der Waals surface area contributed by atoms with Gasteiger partial charge in [0.05, 0.1) is 0 Å². The first-order chi connectivity index (χ1) is 7.09. The van der Waals surface area contributed by atoms with Crippen molar-refractivity contribution in [2.24, 2.45) is 5.92 Å².